The summed E-state index contributed by atoms with van der Waals surface area (Å²) in [6.45, 7) is 5.82. The highest BCUT2D eigenvalue weighted by molar-refractivity contribution is 6.30. The van der Waals surface area contributed by atoms with Crippen LogP contribution < -0.4 is 0 Å². The molecule has 0 radical (unpaired) electrons. The SMILES string of the molecule is CCOC(=O)c1cnn(-c2ccc(Cl)cc2)c1C(C)(C)CC=O. The Kier molecular flexibility index (Phi) is 5.21. The van der Waals surface area contributed by atoms with Gasteiger partial charge in [0.15, 0.2) is 0 Å². The minimum absolute atomic E-state index is 0.263. The summed E-state index contributed by atoms with van der Waals surface area (Å²) in [6, 6.07) is 7.12. The number of aromatic nitrogens is 2. The van der Waals surface area contributed by atoms with Crippen molar-refractivity contribution in [3.8, 4) is 5.69 Å². The number of halogens is 1. The molecule has 0 bridgehead atoms. The first kappa shape index (κ1) is 17.2. The summed E-state index contributed by atoms with van der Waals surface area (Å²) in [7, 11) is 0. The second-order valence-electron chi connectivity index (χ2n) is 5.77. The van der Waals surface area contributed by atoms with Gasteiger partial charge in [0.05, 0.1) is 24.2 Å². The van der Waals surface area contributed by atoms with E-state index in [2.05, 4.69) is 5.10 Å². The highest BCUT2D eigenvalue weighted by Crippen LogP contribution is 2.31. The summed E-state index contributed by atoms with van der Waals surface area (Å²) >= 11 is 5.93. The normalized spacial score (nSPS) is 11.3. The van der Waals surface area contributed by atoms with Gasteiger partial charge < -0.3 is 9.53 Å². The molecule has 0 fully saturated rings. The number of benzene rings is 1. The van der Waals surface area contributed by atoms with Crippen LogP contribution in [0.2, 0.25) is 5.02 Å². The average molecular weight is 335 g/mol. The summed E-state index contributed by atoms with van der Waals surface area (Å²) in [6.07, 6.45) is 2.58. The zero-order valence-electron chi connectivity index (χ0n) is 13.4. The third kappa shape index (κ3) is 3.62. The Morgan fingerprint density at radius 2 is 2.00 bits per heavy atom. The molecule has 5 nitrogen and oxygen atoms in total. The fourth-order valence-electron chi connectivity index (χ4n) is 2.44. The average Bonchev–Trinajstić information content (AvgIpc) is 2.94. The number of nitrogens with zero attached hydrogens (tertiary/aromatic N) is 2. The van der Waals surface area contributed by atoms with E-state index < -0.39 is 11.4 Å². The summed E-state index contributed by atoms with van der Waals surface area (Å²) in [5.74, 6) is -0.443. The van der Waals surface area contributed by atoms with Gasteiger partial charge in [0.25, 0.3) is 0 Å². The highest BCUT2D eigenvalue weighted by Gasteiger charge is 2.32. The van der Waals surface area contributed by atoms with Crippen LogP contribution in [0.3, 0.4) is 0 Å². The Hall–Kier alpha value is -2.14. The lowest BCUT2D eigenvalue weighted by molar-refractivity contribution is -0.108. The van der Waals surface area contributed by atoms with Gasteiger partial charge in [-0.05, 0) is 31.2 Å². The summed E-state index contributed by atoms with van der Waals surface area (Å²) in [5, 5.41) is 4.94. The fourth-order valence-corrected chi connectivity index (χ4v) is 2.57. The van der Waals surface area contributed by atoms with Gasteiger partial charge in [0.1, 0.15) is 11.8 Å². The second kappa shape index (κ2) is 6.96. The summed E-state index contributed by atoms with van der Waals surface area (Å²) in [4.78, 5) is 23.3. The molecule has 0 saturated carbocycles. The lowest BCUT2D eigenvalue weighted by Crippen LogP contribution is -2.25. The van der Waals surface area contributed by atoms with Crippen molar-refractivity contribution < 1.29 is 14.3 Å². The fraction of sp³-hybridized carbons (Fsp3) is 0.353. The van der Waals surface area contributed by atoms with Gasteiger partial charge in [0, 0.05) is 16.9 Å². The van der Waals surface area contributed by atoms with Crippen LogP contribution >= 0.6 is 11.6 Å². The van der Waals surface area contributed by atoms with Crippen LogP contribution in [0, 0.1) is 0 Å². The molecule has 1 aromatic carbocycles. The molecule has 2 rings (SSSR count). The van der Waals surface area contributed by atoms with Crippen molar-refractivity contribution in [3.63, 3.8) is 0 Å². The molecule has 0 saturated heterocycles. The Labute approximate surface area is 140 Å². The zero-order chi connectivity index (χ0) is 17.0. The number of carbonyl (C=O) groups is 2. The Morgan fingerprint density at radius 3 is 2.57 bits per heavy atom. The molecule has 2 aromatic rings. The van der Waals surface area contributed by atoms with Crippen molar-refractivity contribution in [3.05, 3.63) is 46.7 Å². The van der Waals surface area contributed by atoms with Crippen LogP contribution in [0.1, 0.15) is 43.2 Å². The van der Waals surface area contributed by atoms with Gasteiger partial charge in [-0.15, -0.1) is 0 Å². The lowest BCUT2D eigenvalue weighted by Gasteiger charge is -2.24. The lowest BCUT2D eigenvalue weighted by atomic mass is 9.84. The molecule has 23 heavy (non-hydrogen) atoms. The highest BCUT2D eigenvalue weighted by atomic mass is 35.5. The van der Waals surface area contributed by atoms with E-state index in [1.165, 1.54) is 6.20 Å². The van der Waals surface area contributed by atoms with Gasteiger partial charge in [-0.25, -0.2) is 9.48 Å². The number of aldehydes is 1. The number of esters is 1. The van der Waals surface area contributed by atoms with E-state index in [-0.39, 0.29) is 13.0 Å². The number of hydrogen-bond acceptors (Lipinski definition) is 4. The molecule has 6 heteroatoms. The second-order valence-corrected chi connectivity index (χ2v) is 6.21. The molecule has 0 unspecified atom stereocenters. The minimum Gasteiger partial charge on any atom is -0.462 e. The third-order valence-corrected chi connectivity index (χ3v) is 3.82. The van der Waals surface area contributed by atoms with Gasteiger partial charge in [0.2, 0.25) is 0 Å². The number of hydrogen-bond donors (Lipinski definition) is 0. The first-order valence-electron chi connectivity index (χ1n) is 7.36. The number of rotatable bonds is 6. The standard InChI is InChI=1S/C17H19ClN2O3/c1-4-23-16(22)14-11-19-20(13-7-5-12(18)6-8-13)15(14)17(2,3)9-10-21/h5-8,10-11H,4,9H2,1-3H3. The van der Waals surface area contributed by atoms with Crippen molar-refractivity contribution in [1.29, 1.82) is 0 Å². The van der Waals surface area contributed by atoms with E-state index in [0.29, 0.717) is 16.3 Å². The molecule has 0 spiro atoms. The predicted molar refractivity (Wildman–Crippen MR) is 88.2 cm³/mol. The van der Waals surface area contributed by atoms with Crippen molar-refractivity contribution in [2.24, 2.45) is 0 Å². The predicted octanol–water partition coefficient (Wildman–Crippen LogP) is 3.57. The topological polar surface area (TPSA) is 61.2 Å². The van der Waals surface area contributed by atoms with Crippen LogP contribution in [0.15, 0.2) is 30.5 Å². The van der Waals surface area contributed by atoms with Crippen LogP contribution in [-0.4, -0.2) is 28.6 Å². The van der Waals surface area contributed by atoms with E-state index in [1.54, 1.807) is 23.7 Å². The number of carbonyl (C=O) groups excluding carboxylic acids is 2. The Balaban J connectivity index is 2.61. The molecule has 0 aliphatic rings. The van der Waals surface area contributed by atoms with E-state index in [4.69, 9.17) is 16.3 Å². The van der Waals surface area contributed by atoms with Gasteiger partial charge in [-0.3, -0.25) is 0 Å². The van der Waals surface area contributed by atoms with Crippen LogP contribution in [-0.2, 0) is 14.9 Å². The van der Waals surface area contributed by atoms with Crippen molar-refractivity contribution in [2.75, 3.05) is 6.61 Å². The molecule has 0 aliphatic carbocycles. The maximum Gasteiger partial charge on any atom is 0.341 e. The first-order valence-corrected chi connectivity index (χ1v) is 7.73. The zero-order valence-corrected chi connectivity index (χ0v) is 14.1. The number of ether oxygens (including phenoxy) is 1. The van der Waals surface area contributed by atoms with Crippen molar-refractivity contribution in [2.45, 2.75) is 32.6 Å². The van der Waals surface area contributed by atoms with Gasteiger partial charge >= 0.3 is 5.97 Å². The van der Waals surface area contributed by atoms with Crippen molar-refractivity contribution >= 4 is 23.9 Å². The molecular formula is C17H19ClN2O3. The Bertz CT molecular complexity index is 705. The largest absolute Gasteiger partial charge is 0.462 e. The van der Waals surface area contributed by atoms with Crippen LogP contribution in [0.25, 0.3) is 5.69 Å². The molecule has 122 valence electrons. The maximum atomic E-state index is 12.2. The molecule has 1 heterocycles. The van der Waals surface area contributed by atoms with Crippen LogP contribution in [0.4, 0.5) is 0 Å². The van der Waals surface area contributed by atoms with Crippen molar-refractivity contribution in [1.82, 2.24) is 9.78 Å². The molecule has 0 aliphatic heterocycles. The monoisotopic (exact) mass is 334 g/mol. The molecule has 1 aromatic heterocycles. The summed E-state index contributed by atoms with van der Waals surface area (Å²) < 4.78 is 6.77. The van der Waals surface area contributed by atoms with Crippen LogP contribution in [0.5, 0.6) is 0 Å². The maximum absolute atomic E-state index is 12.2. The van der Waals surface area contributed by atoms with E-state index in [0.717, 1.165) is 12.0 Å². The smallest absolute Gasteiger partial charge is 0.341 e. The summed E-state index contributed by atoms with van der Waals surface area (Å²) in [5.41, 5.74) is 1.21. The Morgan fingerprint density at radius 1 is 1.35 bits per heavy atom. The molecular weight excluding hydrogens is 316 g/mol. The van der Waals surface area contributed by atoms with E-state index >= 15 is 0 Å². The third-order valence-electron chi connectivity index (χ3n) is 3.57. The quantitative estimate of drug-likeness (QED) is 0.598. The minimum atomic E-state index is -0.569. The van der Waals surface area contributed by atoms with E-state index in [1.807, 2.05) is 26.0 Å². The van der Waals surface area contributed by atoms with Gasteiger partial charge in [-0.1, -0.05) is 25.4 Å². The van der Waals surface area contributed by atoms with Gasteiger partial charge in [-0.2, -0.15) is 5.10 Å². The molecule has 0 atom stereocenters. The molecule has 0 amide bonds. The first-order chi connectivity index (χ1) is 10.9. The van der Waals surface area contributed by atoms with E-state index in [9.17, 15) is 9.59 Å². The molecule has 0 N–H and O–H groups in total.